The Morgan fingerprint density at radius 2 is 1.96 bits per heavy atom. The van der Waals surface area contributed by atoms with Crippen LogP contribution in [-0.4, -0.2) is 36.1 Å². The van der Waals surface area contributed by atoms with Crippen molar-refractivity contribution >= 4 is 5.69 Å². The standard InChI is InChI=1S/C19H27FN4O/c1-4-24-15(3)17(14(2)22-24)13-21-12-16-5-6-19(18(20)11-16)23-7-9-25-10-8-23/h5-6,11,21H,4,7-10,12-13H2,1-3H3. The Labute approximate surface area is 148 Å². The summed E-state index contributed by atoms with van der Waals surface area (Å²) in [6.45, 7) is 11.3. The van der Waals surface area contributed by atoms with Crippen LogP contribution in [0.4, 0.5) is 10.1 Å². The van der Waals surface area contributed by atoms with Crippen LogP contribution < -0.4 is 10.2 Å². The Kier molecular flexibility index (Phi) is 5.71. The highest BCUT2D eigenvalue weighted by molar-refractivity contribution is 5.49. The molecule has 3 rings (SSSR count). The molecule has 2 aromatic rings. The third-order valence-corrected chi connectivity index (χ3v) is 4.83. The molecule has 5 nitrogen and oxygen atoms in total. The lowest BCUT2D eigenvalue weighted by Gasteiger charge is -2.29. The van der Waals surface area contributed by atoms with Crippen LogP contribution in [0.25, 0.3) is 0 Å². The number of halogens is 1. The zero-order valence-electron chi connectivity index (χ0n) is 15.3. The predicted molar refractivity (Wildman–Crippen MR) is 97.4 cm³/mol. The van der Waals surface area contributed by atoms with Crippen molar-refractivity contribution in [1.29, 1.82) is 0 Å². The quantitative estimate of drug-likeness (QED) is 0.873. The Hall–Kier alpha value is -1.92. The monoisotopic (exact) mass is 346 g/mol. The summed E-state index contributed by atoms with van der Waals surface area (Å²) < 4.78 is 21.8. The molecule has 0 unspecified atom stereocenters. The van der Waals surface area contributed by atoms with Gasteiger partial charge in [-0.3, -0.25) is 4.68 Å². The van der Waals surface area contributed by atoms with E-state index in [4.69, 9.17) is 4.74 Å². The molecule has 1 aliphatic rings. The number of aryl methyl sites for hydroxylation is 2. The predicted octanol–water partition coefficient (Wildman–Crippen LogP) is 2.79. The molecule has 0 saturated carbocycles. The van der Waals surface area contributed by atoms with Gasteiger partial charge in [0.15, 0.2) is 0 Å². The average molecular weight is 346 g/mol. The van der Waals surface area contributed by atoms with E-state index < -0.39 is 0 Å². The van der Waals surface area contributed by atoms with Gasteiger partial charge in [-0.25, -0.2) is 4.39 Å². The first-order chi connectivity index (χ1) is 12.1. The maximum absolute atomic E-state index is 14.4. The highest BCUT2D eigenvalue weighted by atomic mass is 19.1. The molecule has 136 valence electrons. The number of aromatic nitrogens is 2. The molecule has 0 radical (unpaired) electrons. The fraction of sp³-hybridized carbons (Fsp3) is 0.526. The Balaban J connectivity index is 1.60. The largest absolute Gasteiger partial charge is 0.378 e. The number of nitrogens with one attached hydrogen (secondary N) is 1. The van der Waals surface area contributed by atoms with Crippen LogP contribution in [0.5, 0.6) is 0 Å². The van der Waals surface area contributed by atoms with E-state index in [0.29, 0.717) is 25.4 Å². The molecule has 1 saturated heterocycles. The lowest BCUT2D eigenvalue weighted by Crippen LogP contribution is -2.36. The first-order valence-electron chi connectivity index (χ1n) is 8.95. The van der Waals surface area contributed by atoms with Crippen LogP contribution in [0, 0.1) is 19.7 Å². The van der Waals surface area contributed by atoms with E-state index in [-0.39, 0.29) is 5.82 Å². The topological polar surface area (TPSA) is 42.3 Å². The van der Waals surface area contributed by atoms with Gasteiger partial charge in [0, 0.05) is 44.0 Å². The van der Waals surface area contributed by atoms with Gasteiger partial charge in [-0.05, 0) is 38.5 Å². The fourth-order valence-electron chi connectivity index (χ4n) is 3.35. The van der Waals surface area contributed by atoms with E-state index in [0.717, 1.165) is 37.4 Å². The molecule has 1 N–H and O–H groups in total. The Bertz CT molecular complexity index is 722. The van der Waals surface area contributed by atoms with Crippen molar-refractivity contribution in [3.05, 3.63) is 46.5 Å². The lowest BCUT2D eigenvalue weighted by molar-refractivity contribution is 0.122. The van der Waals surface area contributed by atoms with Crippen LogP contribution in [0.1, 0.15) is 29.4 Å². The molecule has 6 heteroatoms. The molecule has 25 heavy (non-hydrogen) atoms. The summed E-state index contributed by atoms with van der Waals surface area (Å²) in [7, 11) is 0. The van der Waals surface area contributed by atoms with Gasteiger partial charge in [0.25, 0.3) is 0 Å². The SMILES string of the molecule is CCn1nc(C)c(CNCc2ccc(N3CCOCC3)c(F)c2)c1C. The van der Waals surface area contributed by atoms with E-state index >= 15 is 0 Å². The molecule has 1 aromatic heterocycles. The molecule has 2 heterocycles. The summed E-state index contributed by atoms with van der Waals surface area (Å²) in [5.41, 5.74) is 5.10. The Morgan fingerprint density at radius 3 is 2.60 bits per heavy atom. The zero-order valence-corrected chi connectivity index (χ0v) is 15.3. The highest BCUT2D eigenvalue weighted by Crippen LogP contribution is 2.21. The number of hydrogen-bond acceptors (Lipinski definition) is 4. The zero-order chi connectivity index (χ0) is 17.8. The summed E-state index contributed by atoms with van der Waals surface area (Å²) in [6.07, 6.45) is 0. The molecule has 1 aromatic carbocycles. The highest BCUT2D eigenvalue weighted by Gasteiger charge is 2.15. The molecule has 0 aliphatic carbocycles. The van der Waals surface area contributed by atoms with Gasteiger partial charge in [-0.1, -0.05) is 6.07 Å². The summed E-state index contributed by atoms with van der Waals surface area (Å²) in [5.74, 6) is -0.160. The van der Waals surface area contributed by atoms with Crippen LogP contribution in [0.3, 0.4) is 0 Å². The summed E-state index contributed by atoms with van der Waals surface area (Å²) in [4.78, 5) is 2.04. The first kappa shape index (κ1) is 17.9. The van der Waals surface area contributed by atoms with Crippen molar-refractivity contribution in [3.63, 3.8) is 0 Å². The summed E-state index contributed by atoms with van der Waals surface area (Å²) in [5, 5.41) is 7.94. The van der Waals surface area contributed by atoms with Crippen LogP contribution in [0.2, 0.25) is 0 Å². The van der Waals surface area contributed by atoms with Crippen LogP contribution in [-0.2, 0) is 24.4 Å². The minimum atomic E-state index is -0.160. The molecule has 0 bridgehead atoms. The Morgan fingerprint density at radius 1 is 1.20 bits per heavy atom. The molecular formula is C19H27FN4O. The third-order valence-electron chi connectivity index (χ3n) is 4.83. The number of benzene rings is 1. The smallest absolute Gasteiger partial charge is 0.146 e. The van der Waals surface area contributed by atoms with Gasteiger partial charge in [0.05, 0.1) is 24.6 Å². The van der Waals surface area contributed by atoms with Gasteiger partial charge in [0.2, 0.25) is 0 Å². The van der Waals surface area contributed by atoms with Crippen molar-refractivity contribution in [2.75, 3.05) is 31.2 Å². The number of ether oxygens (including phenoxy) is 1. The second kappa shape index (κ2) is 7.97. The second-order valence-corrected chi connectivity index (χ2v) is 6.45. The van der Waals surface area contributed by atoms with Crippen molar-refractivity contribution < 1.29 is 9.13 Å². The first-order valence-corrected chi connectivity index (χ1v) is 8.95. The maximum atomic E-state index is 14.4. The normalized spacial score (nSPS) is 15.0. The van der Waals surface area contributed by atoms with E-state index in [9.17, 15) is 4.39 Å². The summed E-state index contributed by atoms with van der Waals surface area (Å²) in [6, 6.07) is 5.51. The van der Waals surface area contributed by atoms with Crippen molar-refractivity contribution in [1.82, 2.24) is 15.1 Å². The van der Waals surface area contributed by atoms with Gasteiger partial charge in [0.1, 0.15) is 5.82 Å². The minimum absolute atomic E-state index is 0.160. The van der Waals surface area contributed by atoms with Gasteiger partial charge < -0.3 is 15.0 Å². The van der Waals surface area contributed by atoms with E-state index in [2.05, 4.69) is 24.3 Å². The van der Waals surface area contributed by atoms with Gasteiger partial charge >= 0.3 is 0 Å². The molecule has 0 atom stereocenters. The van der Waals surface area contributed by atoms with Crippen LogP contribution >= 0.6 is 0 Å². The number of hydrogen-bond donors (Lipinski definition) is 1. The van der Waals surface area contributed by atoms with E-state index in [1.807, 2.05) is 28.6 Å². The lowest BCUT2D eigenvalue weighted by atomic mass is 10.1. The average Bonchev–Trinajstić information content (AvgIpc) is 2.90. The molecule has 0 spiro atoms. The summed E-state index contributed by atoms with van der Waals surface area (Å²) >= 11 is 0. The number of morpholine rings is 1. The van der Waals surface area contributed by atoms with Crippen molar-refractivity contribution in [3.8, 4) is 0 Å². The third kappa shape index (κ3) is 4.02. The molecular weight excluding hydrogens is 319 g/mol. The van der Waals surface area contributed by atoms with Gasteiger partial charge in [-0.2, -0.15) is 5.10 Å². The minimum Gasteiger partial charge on any atom is -0.378 e. The van der Waals surface area contributed by atoms with Gasteiger partial charge in [-0.15, -0.1) is 0 Å². The number of anilines is 1. The molecule has 1 fully saturated rings. The van der Waals surface area contributed by atoms with Crippen molar-refractivity contribution in [2.24, 2.45) is 0 Å². The van der Waals surface area contributed by atoms with Crippen molar-refractivity contribution in [2.45, 2.75) is 40.4 Å². The molecule has 0 amide bonds. The number of rotatable bonds is 6. The maximum Gasteiger partial charge on any atom is 0.146 e. The number of nitrogens with zero attached hydrogens (tertiary/aromatic N) is 3. The fourth-order valence-corrected chi connectivity index (χ4v) is 3.35. The van der Waals surface area contributed by atoms with Crippen LogP contribution in [0.15, 0.2) is 18.2 Å². The second-order valence-electron chi connectivity index (χ2n) is 6.45. The van der Waals surface area contributed by atoms with E-state index in [1.165, 1.54) is 11.3 Å². The molecule has 1 aliphatic heterocycles. The van der Waals surface area contributed by atoms with E-state index in [1.54, 1.807) is 6.07 Å².